The van der Waals surface area contributed by atoms with E-state index in [0.717, 1.165) is 11.4 Å². The van der Waals surface area contributed by atoms with Gasteiger partial charge >= 0.3 is 5.82 Å². The lowest BCUT2D eigenvalue weighted by molar-refractivity contribution is -0.683. The van der Waals surface area contributed by atoms with E-state index in [1.54, 1.807) is 4.57 Å². The first-order chi connectivity index (χ1) is 5.15. The second-order valence-corrected chi connectivity index (χ2v) is 2.53. The van der Waals surface area contributed by atoms with Gasteiger partial charge in [-0.3, -0.25) is 0 Å². The minimum absolute atomic E-state index is 0.461. The van der Waals surface area contributed by atoms with Crippen molar-refractivity contribution in [2.75, 3.05) is 0 Å². The van der Waals surface area contributed by atoms with Crippen LogP contribution in [-0.2, 0) is 7.05 Å². The van der Waals surface area contributed by atoms with Crippen LogP contribution in [0.3, 0.4) is 0 Å². The predicted octanol–water partition coefficient (Wildman–Crippen LogP) is 0.395. The summed E-state index contributed by atoms with van der Waals surface area (Å²) in [5.41, 5.74) is 1.94. The fraction of sp³-hybridized carbons (Fsp3) is 0.375. The Bertz CT molecular complexity index is 323. The average Bonchev–Trinajstić information content (AvgIpc) is 1.96. The highest BCUT2D eigenvalue weighted by molar-refractivity contribution is 5.09. The van der Waals surface area contributed by atoms with Gasteiger partial charge in [0, 0.05) is 13.0 Å². The van der Waals surface area contributed by atoms with Gasteiger partial charge in [-0.1, -0.05) is 0 Å². The van der Waals surface area contributed by atoms with Crippen molar-refractivity contribution in [2.24, 2.45) is 7.05 Å². The van der Waals surface area contributed by atoms with Crippen molar-refractivity contribution >= 4 is 0 Å². The second-order valence-electron chi connectivity index (χ2n) is 2.53. The predicted molar refractivity (Wildman–Crippen MR) is 39.6 cm³/mol. The molecule has 3 nitrogen and oxygen atoms in total. The molecule has 0 aromatic carbocycles. The van der Waals surface area contributed by atoms with Crippen molar-refractivity contribution in [3.05, 3.63) is 23.3 Å². The standard InChI is InChI=1S/C8H10N3/c1-6-4-7(2)11(3)8(5-9)10-6/h4H,1-3H3/q+1. The minimum Gasteiger partial charge on any atom is -0.222 e. The van der Waals surface area contributed by atoms with E-state index >= 15 is 0 Å². The molecule has 0 fully saturated rings. The Morgan fingerprint density at radius 2 is 2.18 bits per heavy atom. The van der Waals surface area contributed by atoms with Crippen LogP contribution >= 0.6 is 0 Å². The molecule has 1 aromatic heterocycles. The Kier molecular flexibility index (Phi) is 1.86. The maximum atomic E-state index is 8.63. The molecule has 0 spiro atoms. The lowest BCUT2D eigenvalue weighted by atomic mass is 10.3. The van der Waals surface area contributed by atoms with Gasteiger partial charge in [-0.25, -0.2) is 4.57 Å². The van der Waals surface area contributed by atoms with Gasteiger partial charge < -0.3 is 0 Å². The first-order valence-corrected chi connectivity index (χ1v) is 3.39. The van der Waals surface area contributed by atoms with Gasteiger partial charge in [0.1, 0.15) is 5.69 Å². The molecule has 0 amide bonds. The van der Waals surface area contributed by atoms with E-state index in [9.17, 15) is 0 Å². The Hall–Kier alpha value is -1.43. The number of rotatable bonds is 0. The Labute approximate surface area is 65.9 Å². The van der Waals surface area contributed by atoms with Crippen LogP contribution in [-0.4, -0.2) is 4.98 Å². The van der Waals surface area contributed by atoms with Gasteiger partial charge in [-0.15, -0.1) is 0 Å². The van der Waals surface area contributed by atoms with Gasteiger partial charge in [0.15, 0.2) is 11.8 Å². The van der Waals surface area contributed by atoms with Crippen molar-refractivity contribution in [2.45, 2.75) is 13.8 Å². The van der Waals surface area contributed by atoms with Crippen LogP contribution in [0, 0.1) is 25.2 Å². The molecule has 0 bridgehead atoms. The van der Waals surface area contributed by atoms with Gasteiger partial charge in [0.05, 0.1) is 7.05 Å². The zero-order valence-electron chi connectivity index (χ0n) is 6.92. The van der Waals surface area contributed by atoms with Crippen molar-refractivity contribution in [3.8, 4) is 6.07 Å². The molecule has 1 rings (SSSR count). The molecule has 3 heteroatoms. The third-order valence-corrected chi connectivity index (χ3v) is 1.65. The number of hydrogen-bond acceptors (Lipinski definition) is 2. The van der Waals surface area contributed by atoms with Crippen LogP contribution in [0.25, 0.3) is 0 Å². The summed E-state index contributed by atoms with van der Waals surface area (Å²) in [5, 5.41) is 8.63. The first kappa shape index (κ1) is 7.67. The summed E-state index contributed by atoms with van der Waals surface area (Å²) in [6, 6.07) is 3.97. The van der Waals surface area contributed by atoms with E-state index in [4.69, 9.17) is 5.26 Å². The molecule has 0 radical (unpaired) electrons. The molecule has 0 saturated heterocycles. The molecular formula is C8H10N3+. The van der Waals surface area contributed by atoms with E-state index in [0.29, 0.717) is 5.82 Å². The molecule has 0 N–H and O–H groups in total. The fourth-order valence-electron chi connectivity index (χ4n) is 0.940. The molecule has 1 aromatic rings. The summed E-state index contributed by atoms with van der Waals surface area (Å²) in [7, 11) is 1.83. The van der Waals surface area contributed by atoms with Crippen molar-refractivity contribution in [1.82, 2.24) is 4.98 Å². The zero-order chi connectivity index (χ0) is 8.43. The molecule has 56 valence electrons. The fourth-order valence-corrected chi connectivity index (χ4v) is 0.940. The third kappa shape index (κ3) is 1.35. The summed E-state index contributed by atoms with van der Waals surface area (Å²) >= 11 is 0. The van der Waals surface area contributed by atoms with Crippen LogP contribution in [0.4, 0.5) is 0 Å². The Balaban J connectivity index is 3.39. The van der Waals surface area contributed by atoms with Gasteiger partial charge in [-0.05, 0) is 11.9 Å². The quantitative estimate of drug-likeness (QED) is 0.499. The van der Waals surface area contributed by atoms with Crippen LogP contribution in [0.15, 0.2) is 6.07 Å². The van der Waals surface area contributed by atoms with Crippen molar-refractivity contribution in [3.63, 3.8) is 0 Å². The number of aryl methyl sites for hydroxylation is 2. The number of nitrogens with zero attached hydrogens (tertiary/aromatic N) is 3. The smallest absolute Gasteiger partial charge is 0.222 e. The van der Waals surface area contributed by atoms with Crippen LogP contribution < -0.4 is 4.57 Å². The highest BCUT2D eigenvalue weighted by Crippen LogP contribution is 1.94. The largest absolute Gasteiger partial charge is 0.403 e. The van der Waals surface area contributed by atoms with E-state index in [-0.39, 0.29) is 0 Å². The molecule has 1 heterocycles. The number of aromatic nitrogens is 2. The molecule has 0 saturated carbocycles. The first-order valence-electron chi connectivity index (χ1n) is 3.39. The second kappa shape index (κ2) is 2.67. The monoisotopic (exact) mass is 148 g/mol. The summed E-state index contributed by atoms with van der Waals surface area (Å²) in [6.45, 7) is 3.84. The maximum absolute atomic E-state index is 8.63. The Morgan fingerprint density at radius 1 is 1.55 bits per heavy atom. The van der Waals surface area contributed by atoms with E-state index in [1.807, 2.05) is 33.0 Å². The highest BCUT2D eigenvalue weighted by Gasteiger charge is 2.11. The number of nitriles is 1. The molecular weight excluding hydrogens is 138 g/mol. The topological polar surface area (TPSA) is 40.6 Å². The van der Waals surface area contributed by atoms with E-state index in [1.165, 1.54) is 0 Å². The molecule has 11 heavy (non-hydrogen) atoms. The Morgan fingerprint density at radius 3 is 2.73 bits per heavy atom. The molecule has 0 aliphatic rings. The zero-order valence-corrected chi connectivity index (χ0v) is 6.92. The van der Waals surface area contributed by atoms with Gasteiger partial charge in [-0.2, -0.15) is 5.26 Å². The normalized spacial score (nSPS) is 9.27. The number of hydrogen-bond donors (Lipinski definition) is 0. The lowest BCUT2D eigenvalue weighted by Crippen LogP contribution is -2.37. The van der Waals surface area contributed by atoms with Crippen LogP contribution in [0.1, 0.15) is 17.2 Å². The average molecular weight is 148 g/mol. The highest BCUT2D eigenvalue weighted by atomic mass is 15.0. The summed E-state index contributed by atoms with van der Waals surface area (Å²) in [4.78, 5) is 4.05. The third-order valence-electron chi connectivity index (χ3n) is 1.65. The molecule has 0 aliphatic heterocycles. The summed E-state index contributed by atoms with van der Waals surface area (Å²) < 4.78 is 1.77. The molecule has 0 aliphatic carbocycles. The SMILES string of the molecule is Cc1cc(C)[n+](C)c(C#N)n1. The van der Waals surface area contributed by atoms with Gasteiger partial charge in [0.2, 0.25) is 0 Å². The molecule has 0 atom stereocenters. The van der Waals surface area contributed by atoms with Crippen LogP contribution in [0.5, 0.6) is 0 Å². The van der Waals surface area contributed by atoms with E-state index < -0.39 is 0 Å². The van der Waals surface area contributed by atoms with Crippen molar-refractivity contribution in [1.29, 1.82) is 5.26 Å². The minimum atomic E-state index is 0.461. The molecule has 0 unspecified atom stereocenters. The van der Waals surface area contributed by atoms with Crippen molar-refractivity contribution < 1.29 is 4.57 Å². The lowest BCUT2D eigenvalue weighted by Gasteiger charge is -1.95. The van der Waals surface area contributed by atoms with Crippen LogP contribution in [0.2, 0.25) is 0 Å². The van der Waals surface area contributed by atoms with E-state index in [2.05, 4.69) is 4.98 Å². The van der Waals surface area contributed by atoms with Gasteiger partial charge in [0.25, 0.3) is 0 Å². The summed E-state index contributed by atoms with van der Waals surface area (Å²) in [6.07, 6.45) is 0. The summed E-state index contributed by atoms with van der Waals surface area (Å²) in [5.74, 6) is 0.461. The maximum Gasteiger partial charge on any atom is 0.403 e.